The van der Waals surface area contributed by atoms with Crippen LogP contribution < -0.4 is 4.90 Å². The first-order chi connectivity index (χ1) is 18.7. The molecule has 1 aromatic heterocycles. The molecule has 1 atom stereocenters. The Balaban J connectivity index is 1.37. The van der Waals surface area contributed by atoms with Crippen LogP contribution >= 0.6 is 0 Å². The Morgan fingerprint density at radius 1 is 1.21 bits per heavy atom. The topological polar surface area (TPSA) is 82.3 Å². The minimum Gasteiger partial charge on any atom is -0.443 e. The van der Waals surface area contributed by atoms with E-state index in [4.69, 9.17) is 4.74 Å². The Hall–Kier alpha value is -3.40. The molecule has 1 amide bonds. The number of aryl methyl sites for hydroxylation is 2. The summed E-state index contributed by atoms with van der Waals surface area (Å²) in [6.45, 7) is 15.0. The van der Waals surface area contributed by atoms with Crippen LogP contribution in [0, 0.1) is 24.2 Å². The molecule has 1 aliphatic heterocycles. The standard InChI is InChI=1S/C32H43N5O2/c1-7-9-24-16-25(20-33)18-27(17-24)22(3)19-32(5,6)39-31(38)37-14-12-36(13-15-37)30-29(23(4)34-21-35-30)28(8-2)26-10-11-26/h8,16-18,21-22,26H,7,9-15,19H2,1-6H3/b28-8-. The lowest BCUT2D eigenvalue weighted by molar-refractivity contribution is 0.00444. The summed E-state index contributed by atoms with van der Waals surface area (Å²) in [5.41, 5.74) is 5.89. The van der Waals surface area contributed by atoms with Crippen LogP contribution in [0.15, 0.2) is 30.6 Å². The average Bonchev–Trinajstić information content (AvgIpc) is 3.75. The van der Waals surface area contributed by atoms with Crippen molar-refractivity contribution in [3.63, 3.8) is 0 Å². The number of nitriles is 1. The van der Waals surface area contributed by atoms with E-state index in [1.807, 2.05) is 30.9 Å². The van der Waals surface area contributed by atoms with Gasteiger partial charge >= 0.3 is 6.09 Å². The number of hydrogen-bond donors (Lipinski definition) is 0. The quantitative estimate of drug-likeness (QED) is 0.361. The monoisotopic (exact) mass is 529 g/mol. The van der Waals surface area contributed by atoms with E-state index >= 15 is 0 Å². The summed E-state index contributed by atoms with van der Waals surface area (Å²) in [5, 5.41) is 9.48. The highest BCUT2D eigenvalue weighted by Gasteiger charge is 2.33. The van der Waals surface area contributed by atoms with Gasteiger partial charge in [-0.25, -0.2) is 14.8 Å². The Morgan fingerprint density at radius 2 is 1.92 bits per heavy atom. The van der Waals surface area contributed by atoms with Crippen molar-refractivity contribution in [2.75, 3.05) is 31.1 Å². The van der Waals surface area contributed by atoms with Crippen LogP contribution in [-0.4, -0.2) is 52.7 Å². The van der Waals surface area contributed by atoms with E-state index in [1.54, 1.807) is 6.33 Å². The van der Waals surface area contributed by atoms with Gasteiger partial charge in [-0.1, -0.05) is 32.4 Å². The number of nitrogens with zero attached hydrogens (tertiary/aromatic N) is 5. The number of allylic oxidation sites excluding steroid dienone is 2. The van der Waals surface area contributed by atoms with Crippen molar-refractivity contribution in [2.45, 2.75) is 85.2 Å². The first-order valence-electron chi connectivity index (χ1n) is 14.4. The van der Waals surface area contributed by atoms with Gasteiger partial charge in [0.1, 0.15) is 17.7 Å². The van der Waals surface area contributed by atoms with Gasteiger partial charge in [-0.2, -0.15) is 5.26 Å². The zero-order valence-corrected chi connectivity index (χ0v) is 24.5. The molecular formula is C32H43N5O2. The van der Waals surface area contributed by atoms with Gasteiger partial charge < -0.3 is 14.5 Å². The number of carbonyl (C=O) groups is 1. The van der Waals surface area contributed by atoms with E-state index in [0.717, 1.165) is 35.5 Å². The van der Waals surface area contributed by atoms with Crippen molar-refractivity contribution in [2.24, 2.45) is 5.92 Å². The molecule has 1 saturated heterocycles. The molecule has 208 valence electrons. The summed E-state index contributed by atoms with van der Waals surface area (Å²) < 4.78 is 6.05. The van der Waals surface area contributed by atoms with E-state index in [-0.39, 0.29) is 12.0 Å². The zero-order chi connectivity index (χ0) is 28.2. The summed E-state index contributed by atoms with van der Waals surface area (Å²) in [6.07, 6.45) is 8.71. The summed E-state index contributed by atoms with van der Waals surface area (Å²) in [7, 11) is 0. The number of piperazine rings is 1. The van der Waals surface area contributed by atoms with E-state index in [0.29, 0.717) is 44.1 Å². The zero-order valence-electron chi connectivity index (χ0n) is 24.5. The highest BCUT2D eigenvalue weighted by atomic mass is 16.6. The molecule has 39 heavy (non-hydrogen) atoms. The van der Waals surface area contributed by atoms with Crippen LogP contribution in [0.3, 0.4) is 0 Å². The predicted octanol–water partition coefficient (Wildman–Crippen LogP) is 6.65. The Morgan fingerprint density at radius 3 is 2.54 bits per heavy atom. The maximum absolute atomic E-state index is 13.2. The SMILES string of the molecule is C/C=C(\c1c(C)ncnc1N1CCN(C(=O)OC(C)(C)CC(C)c2cc(C#N)cc(CCC)c2)CC1)C1CC1. The van der Waals surface area contributed by atoms with Crippen molar-refractivity contribution in [1.82, 2.24) is 14.9 Å². The number of hydrogen-bond acceptors (Lipinski definition) is 6. The van der Waals surface area contributed by atoms with Gasteiger partial charge in [0.15, 0.2) is 0 Å². The van der Waals surface area contributed by atoms with Gasteiger partial charge in [-0.05, 0) is 94.0 Å². The van der Waals surface area contributed by atoms with Gasteiger partial charge in [0.2, 0.25) is 0 Å². The number of aromatic nitrogens is 2. The van der Waals surface area contributed by atoms with Gasteiger partial charge in [0, 0.05) is 31.7 Å². The average molecular weight is 530 g/mol. The largest absolute Gasteiger partial charge is 0.443 e. The highest BCUT2D eigenvalue weighted by molar-refractivity contribution is 5.78. The van der Waals surface area contributed by atoms with Crippen LogP contribution in [0.5, 0.6) is 0 Å². The lowest BCUT2D eigenvalue weighted by Gasteiger charge is -2.38. The molecule has 1 saturated carbocycles. The molecule has 0 N–H and O–H groups in total. The molecule has 1 aliphatic carbocycles. The van der Waals surface area contributed by atoms with Crippen LogP contribution in [0.1, 0.15) is 94.2 Å². The molecule has 7 nitrogen and oxygen atoms in total. The number of benzene rings is 1. The summed E-state index contributed by atoms with van der Waals surface area (Å²) in [5.74, 6) is 1.74. The summed E-state index contributed by atoms with van der Waals surface area (Å²) in [4.78, 5) is 26.5. The molecule has 0 spiro atoms. The van der Waals surface area contributed by atoms with Gasteiger partial charge in [-0.3, -0.25) is 0 Å². The van der Waals surface area contributed by atoms with E-state index < -0.39 is 5.60 Å². The molecule has 4 rings (SSSR count). The van der Waals surface area contributed by atoms with Crippen LogP contribution in [0.4, 0.5) is 10.6 Å². The molecule has 0 radical (unpaired) electrons. The van der Waals surface area contributed by atoms with Crippen LogP contribution in [0.25, 0.3) is 5.57 Å². The summed E-state index contributed by atoms with van der Waals surface area (Å²) in [6, 6.07) is 8.42. The molecule has 1 unspecified atom stereocenters. The lowest BCUT2D eigenvalue weighted by Crippen LogP contribution is -2.50. The van der Waals surface area contributed by atoms with Gasteiger partial charge in [0.05, 0.1) is 17.3 Å². The van der Waals surface area contributed by atoms with Crippen molar-refractivity contribution >= 4 is 17.5 Å². The van der Waals surface area contributed by atoms with Crippen LogP contribution in [0.2, 0.25) is 0 Å². The number of carbonyl (C=O) groups excluding carboxylic acids is 1. The maximum Gasteiger partial charge on any atom is 0.410 e. The van der Waals surface area contributed by atoms with Gasteiger partial charge in [0.25, 0.3) is 0 Å². The van der Waals surface area contributed by atoms with Gasteiger partial charge in [-0.15, -0.1) is 0 Å². The Bertz CT molecular complexity index is 1250. The molecule has 1 aromatic carbocycles. The van der Waals surface area contributed by atoms with E-state index in [2.05, 4.69) is 60.8 Å². The molecule has 0 bridgehead atoms. The van der Waals surface area contributed by atoms with Crippen molar-refractivity contribution in [3.8, 4) is 6.07 Å². The maximum atomic E-state index is 13.2. The third kappa shape index (κ3) is 6.98. The predicted molar refractivity (Wildman–Crippen MR) is 156 cm³/mol. The third-order valence-corrected chi connectivity index (χ3v) is 7.88. The van der Waals surface area contributed by atoms with Crippen molar-refractivity contribution in [3.05, 3.63) is 58.6 Å². The van der Waals surface area contributed by atoms with E-state index in [9.17, 15) is 10.1 Å². The van der Waals surface area contributed by atoms with Crippen molar-refractivity contribution < 1.29 is 9.53 Å². The third-order valence-electron chi connectivity index (χ3n) is 7.88. The molecular weight excluding hydrogens is 486 g/mol. The number of amides is 1. The molecule has 2 heterocycles. The van der Waals surface area contributed by atoms with Crippen molar-refractivity contribution in [1.29, 1.82) is 5.26 Å². The molecule has 2 aliphatic rings. The molecule has 2 fully saturated rings. The highest BCUT2D eigenvalue weighted by Crippen LogP contribution is 2.45. The van der Waals surface area contributed by atoms with Crippen LogP contribution in [-0.2, 0) is 11.2 Å². The molecule has 2 aromatic rings. The fourth-order valence-electron chi connectivity index (χ4n) is 5.82. The first kappa shape index (κ1) is 28.6. The first-order valence-corrected chi connectivity index (χ1v) is 14.4. The van der Waals surface area contributed by atoms with E-state index in [1.165, 1.54) is 24.0 Å². The Labute approximate surface area is 233 Å². The number of anilines is 1. The fourth-order valence-corrected chi connectivity index (χ4v) is 5.82. The lowest BCUT2D eigenvalue weighted by atomic mass is 9.87. The summed E-state index contributed by atoms with van der Waals surface area (Å²) >= 11 is 0. The second-order valence-corrected chi connectivity index (χ2v) is 11.7. The fraction of sp³-hybridized carbons (Fsp3) is 0.562. The second kappa shape index (κ2) is 12.2. The minimum atomic E-state index is -0.636. The number of ether oxygens (including phenoxy) is 1. The minimum absolute atomic E-state index is 0.153. The Kier molecular flexibility index (Phi) is 8.94. The normalized spacial score (nSPS) is 17.1. The number of rotatable bonds is 9. The smallest absolute Gasteiger partial charge is 0.410 e. The second-order valence-electron chi connectivity index (χ2n) is 11.7. The molecule has 7 heteroatoms.